The Labute approximate surface area is 116 Å². The summed E-state index contributed by atoms with van der Waals surface area (Å²) in [5.74, 6) is -0.746. The third-order valence-corrected chi connectivity index (χ3v) is 2.69. The number of ether oxygens (including phenoxy) is 1. The fraction of sp³-hybridized carbons (Fsp3) is 0.0667. The Morgan fingerprint density at radius 2 is 1.75 bits per heavy atom. The highest BCUT2D eigenvalue weighted by molar-refractivity contribution is 6.05. The molecule has 20 heavy (non-hydrogen) atoms. The summed E-state index contributed by atoms with van der Waals surface area (Å²) in [5, 5.41) is 2.70. The van der Waals surface area contributed by atoms with Crippen LogP contribution < -0.4 is 11.1 Å². The van der Waals surface area contributed by atoms with Gasteiger partial charge in [-0.1, -0.05) is 12.1 Å². The van der Waals surface area contributed by atoms with Crippen LogP contribution in [0.4, 0.5) is 11.4 Å². The summed E-state index contributed by atoms with van der Waals surface area (Å²) < 4.78 is 4.63. The van der Waals surface area contributed by atoms with E-state index in [1.165, 1.54) is 7.11 Å². The van der Waals surface area contributed by atoms with Crippen LogP contribution in [-0.2, 0) is 4.74 Å². The zero-order chi connectivity index (χ0) is 14.5. The van der Waals surface area contributed by atoms with E-state index in [0.717, 1.165) is 0 Å². The van der Waals surface area contributed by atoms with Gasteiger partial charge in [-0.3, -0.25) is 4.79 Å². The Bertz CT molecular complexity index is 653. The molecule has 0 saturated carbocycles. The van der Waals surface area contributed by atoms with Gasteiger partial charge in [0.15, 0.2) is 0 Å². The van der Waals surface area contributed by atoms with Crippen molar-refractivity contribution in [1.82, 2.24) is 0 Å². The van der Waals surface area contributed by atoms with Gasteiger partial charge in [0, 0.05) is 16.9 Å². The molecular weight excluding hydrogens is 256 g/mol. The first-order chi connectivity index (χ1) is 9.60. The van der Waals surface area contributed by atoms with Gasteiger partial charge in [-0.25, -0.2) is 4.79 Å². The molecule has 0 aliphatic carbocycles. The molecule has 5 heteroatoms. The molecular formula is C15H14N2O3. The van der Waals surface area contributed by atoms with Gasteiger partial charge in [-0.15, -0.1) is 0 Å². The molecule has 0 saturated heterocycles. The molecule has 0 unspecified atom stereocenters. The molecule has 0 aliphatic rings. The molecule has 5 nitrogen and oxygen atoms in total. The van der Waals surface area contributed by atoms with E-state index < -0.39 is 5.97 Å². The summed E-state index contributed by atoms with van der Waals surface area (Å²) in [4.78, 5) is 23.4. The highest BCUT2D eigenvalue weighted by Crippen LogP contribution is 2.14. The van der Waals surface area contributed by atoms with Crippen molar-refractivity contribution in [3.63, 3.8) is 0 Å². The van der Waals surface area contributed by atoms with Crippen molar-refractivity contribution < 1.29 is 14.3 Å². The number of esters is 1. The van der Waals surface area contributed by atoms with Gasteiger partial charge in [0.1, 0.15) is 0 Å². The zero-order valence-corrected chi connectivity index (χ0v) is 10.9. The standard InChI is InChI=1S/C15H14N2O3/c1-20-15(19)11-5-3-7-13(9-11)17-14(18)10-4-2-6-12(16)8-10/h2-9H,16H2,1H3,(H,17,18). The molecule has 0 heterocycles. The SMILES string of the molecule is COC(=O)c1cccc(NC(=O)c2cccc(N)c2)c1. The number of nitrogens with one attached hydrogen (secondary N) is 1. The number of amides is 1. The molecule has 2 rings (SSSR count). The average molecular weight is 270 g/mol. The number of nitrogens with two attached hydrogens (primary N) is 1. The van der Waals surface area contributed by atoms with Gasteiger partial charge in [0.25, 0.3) is 5.91 Å². The van der Waals surface area contributed by atoms with Crippen LogP contribution in [0.5, 0.6) is 0 Å². The quantitative estimate of drug-likeness (QED) is 0.662. The molecule has 0 atom stereocenters. The molecule has 2 aromatic rings. The van der Waals surface area contributed by atoms with Crippen LogP contribution in [0.3, 0.4) is 0 Å². The Morgan fingerprint density at radius 3 is 2.45 bits per heavy atom. The van der Waals surface area contributed by atoms with E-state index in [9.17, 15) is 9.59 Å². The van der Waals surface area contributed by atoms with E-state index in [4.69, 9.17) is 5.73 Å². The second-order valence-corrected chi connectivity index (χ2v) is 4.15. The normalized spacial score (nSPS) is 9.85. The van der Waals surface area contributed by atoms with Crippen molar-refractivity contribution in [1.29, 1.82) is 0 Å². The molecule has 1 amide bonds. The maximum Gasteiger partial charge on any atom is 0.337 e. The van der Waals surface area contributed by atoms with E-state index in [1.54, 1.807) is 48.5 Å². The van der Waals surface area contributed by atoms with E-state index >= 15 is 0 Å². The lowest BCUT2D eigenvalue weighted by molar-refractivity contribution is 0.0600. The minimum atomic E-state index is -0.454. The molecule has 102 valence electrons. The van der Waals surface area contributed by atoms with Gasteiger partial charge in [-0.05, 0) is 36.4 Å². The number of hydrogen-bond donors (Lipinski definition) is 2. The van der Waals surface area contributed by atoms with E-state index in [-0.39, 0.29) is 5.91 Å². The summed E-state index contributed by atoms with van der Waals surface area (Å²) in [6, 6.07) is 13.2. The zero-order valence-electron chi connectivity index (χ0n) is 10.9. The Kier molecular flexibility index (Phi) is 4.00. The monoisotopic (exact) mass is 270 g/mol. The van der Waals surface area contributed by atoms with Crippen LogP contribution in [0.1, 0.15) is 20.7 Å². The smallest absolute Gasteiger partial charge is 0.337 e. The van der Waals surface area contributed by atoms with Crippen LogP contribution in [0.25, 0.3) is 0 Å². The fourth-order valence-corrected chi connectivity index (χ4v) is 1.72. The molecule has 2 aromatic carbocycles. The lowest BCUT2D eigenvalue weighted by atomic mass is 10.1. The van der Waals surface area contributed by atoms with Gasteiger partial charge >= 0.3 is 5.97 Å². The maximum absolute atomic E-state index is 12.0. The largest absolute Gasteiger partial charge is 0.465 e. The first-order valence-corrected chi connectivity index (χ1v) is 5.95. The second kappa shape index (κ2) is 5.88. The fourth-order valence-electron chi connectivity index (χ4n) is 1.72. The van der Waals surface area contributed by atoms with Gasteiger partial charge < -0.3 is 15.8 Å². The number of benzene rings is 2. The second-order valence-electron chi connectivity index (χ2n) is 4.15. The number of hydrogen-bond acceptors (Lipinski definition) is 4. The summed E-state index contributed by atoms with van der Waals surface area (Å²) in [7, 11) is 1.31. The first-order valence-electron chi connectivity index (χ1n) is 5.95. The molecule has 0 fully saturated rings. The minimum absolute atomic E-state index is 0.292. The molecule has 0 aliphatic heterocycles. The predicted molar refractivity (Wildman–Crippen MR) is 76.6 cm³/mol. The van der Waals surface area contributed by atoms with Crippen molar-refractivity contribution in [2.45, 2.75) is 0 Å². The van der Waals surface area contributed by atoms with E-state index in [1.807, 2.05) is 0 Å². The number of carbonyl (C=O) groups is 2. The topological polar surface area (TPSA) is 81.4 Å². The van der Waals surface area contributed by atoms with Crippen LogP contribution in [-0.4, -0.2) is 19.0 Å². The van der Waals surface area contributed by atoms with Crippen molar-refractivity contribution >= 4 is 23.3 Å². The number of carbonyl (C=O) groups excluding carboxylic acids is 2. The number of nitrogen functional groups attached to an aromatic ring is 1. The van der Waals surface area contributed by atoms with Gasteiger partial charge in [-0.2, -0.15) is 0 Å². The lowest BCUT2D eigenvalue weighted by Crippen LogP contribution is -2.12. The van der Waals surface area contributed by atoms with Crippen molar-refractivity contribution in [2.24, 2.45) is 0 Å². The molecule has 3 N–H and O–H groups in total. The Balaban J connectivity index is 2.18. The predicted octanol–water partition coefficient (Wildman–Crippen LogP) is 2.31. The Morgan fingerprint density at radius 1 is 1.05 bits per heavy atom. The van der Waals surface area contributed by atoms with Crippen molar-refractivity contribution in [3.05, 3.63) is 59.7 Å². The molecule has 0 spiro atoms. The molecule has 0 aromatic heterocycles. The molecule has 0 radical (unpaired) electrons. The summed E-state index contributed by atoms with van der Waals surface area (Å²) >= 11 is 0. The van der Waals surface area contributed by atoms with Crippen LogP contribution in [0.15, 0.2) is 48.5 Å². The van der Waals surface area contributed by atoms with Gasteiger partial charge in [0.05, 0.1) is 12.7 Å². The van der Waals surface area contributed by atoms with Crippen molar-refractivity contribution in [3.8, 4) is 0 Å². The maximum atomic E-state index is 12.0. The van der Waals surface area contributed by atoms with Crippen LogP contribution in [0, 0.1) is 0 Å². The lowest BCUT2D eigenvalue weighted by Gasteiger charge is -2.07. The summed E-state index contributed by atoms with van der Waals surface area (Å²) in [5.41, 5.74) is 7.48. The van der Waals surface area contributed by atoms with Crippen LogP contribution in [0.2, 0.25) is 0 Å². The van der Waals surface area contributed by atoms with E-state index in [0.29, 0.717) is 22.5 Å². The highest BCUT2D eigenvalue weighted by atomic mass is 16.5. The van der Waals surface area contributed by atoms with Gasteiger partial charge in [0.2, 0.25) is 0 Å². The number of rotatable bonds is 3. The minimum Gasteiger partial charge on any atom is -0.465 e. The van der Waals surface area contributed by atoms with E-state index in [2.05, 4.69) is 10.1 Å². The van der Waals surface area contributed by atoms with Crippen LogP contribution >= 0.6 is 0 Å². The highest BCUT2D eigenvalue weighted by Gasteiger charge is 2.09. The number of methoxy groups -OCH3 is 1. The molecule has 0 bridgehead atoms. The van der Waals surface area contributed by atoms with Crippen molar-refractivity contribution in [2.75, 3.05) is 18.2 Å². The third-order valence-electron chi connectivity index (χ3n) is 2.69. The third kappa shape index (κ3) is 3.14. The first kappa shape index (κ1) is 13.6. The Hall–Kier alpha value is -2.82. The number of anilines is 2. The average Bonchev–Trinajstić information content (AvgIpc) is 2.46. The summed E-state index contributed by atoms with van der Waals surface area (Å²) in [6.45, 7) is 0. The summed E-state index contributed by atoms with van der Waals surface area (Å²) in [6.07, 6.45) is 0.